The average Bonchev–Trinajstić information content (AvgIpc) is 2.46. The summed E-state index contributed by atoms with van der Waals surface area (Å²) in [6, 6.07) is 7.90. The van der Waals surface area contributed by atoms with Crippen LogP contribution >= 0.6 is 0 Å². The predicted octanol–water partition coefficient (Wildman–Crippen LogP) is 0.687. The smallest absolute Gasteiger partial charge is 0.317 e. The van der Waals surface area contributed by atoms with Gasteiger partial charge < -0.3 is 20.7 Å². The molecule has 2 rings (SSSR count). The molecule has 18 heavy (non-hydrogen) atoms. The number of nitrogens with zero attached hydrogens (tertiary/aromatic N) is 1. The average molecular weight is 249 g/mol. The largest absolute Gasteiger partial charge is 0.378 e. The van der Waals surface area contributed by atoms with E-state index >= 15 is 0 Å². The van der Waals surface area contributed by atoms with Crippen molar-refractivity contribution < 1.29 is 9.53 Å². The van der Waals surface area contributed by atoms with E-state index in [1.165, 1.54) is 0 Å². The number of hydrogen-bond acceptors (Lipinski definition) is 3. The first kappa shape index (κ1) is 12.9. The zero-order chi connectivity index (χ0) is 12.8. The maximum absolute atomic E-state index is 11.9. The van der Waals surface area contributed by atoms with Crippen LogP contribution in [0.25, 0.3) is 0 Å². The van der Waals surface area contributed by atoms with Gasteiger partial charge in [0.2, 0.25) is 0 Å². The molecule has 2 amide bonds. The standard InChI is InChI=1S/C13H19N3O2/c14-9-11-2-1-3-12(8-11)10-15-13(17)16-4-6-18-7-5-16/h1-3,8H,4-7,9-10,14H2,(H,15,17). The van der Waals surface area contributed by atoms with E-state index in [9.17, 15) is 4.79 Å². The SMILES string of the molecule is NCc1cccc(CNC(=O)N2CCOCC2)c1. The number of ether oxygens (including phenoxy) is 1. The topological polar surface area (TPSA) is 67.6 Å². The Morgan fingerprint density at radius 1 is 1.33 bits per heavy atom. The molecule has 1 aromatic rings. The van der Waals surface area contributed by atoms with Crippen LogP contribution in [0, 0.1) is 0 Å². The summed E-state index contributed by atoms with van der Waals surface area (Å²) in [7, 11) is 0. The Bertz CT molecular complexity index is 403. The number of hydrogen-bond donors (Lipinski definition) is 2. The third-order valence-electron chi connectivity index (χ3n) is 2.97. The Morgan fingerprint density at radius 3 is 2.78 bits per heavy atom. The van der Waals surface area contributed by atoms with E-state index in [0.717, 1.165) is 11.1 Å². The first-order valence-corrected chi connectivity index (χ1v) is 6.18. The lowest BCUT2D eigenvalue weighted by molar-refractivity contribution is 0.0531. The number of rotatable bonds is 3. The summed E-state index contributed by atoms with van der Waals surface area (Å²) in [5.74, 6) is 0. The van der Waals surface area contributed by atoms with E-state index in [1.807, 2.05) is 24.3 Å². The summed E-state index contributed by atoms with van der Waals surface area (Å²) >= 11 is 0. The summed E-state index contributed by atoms with van der Waals surface area (Å²) in [6.07, 6.45) is 0. The van der Waals surface area contributed by atoms with E-state index in [0.29, 0.717) is 39.4 Å². The maximum Gasteiger partial charge on any atom is 0.317 e. The van der Waals surface area contributed by atoms with Crippen LogP contribution in [0.2, 0.25) is 0 Å². The zero-order valence-electron chi connectivity index (χ0n) is 10.4. The Morgan fingerprint density at radius 2 is 2.06 bits per heavy atom. The van der Waals surface area contributed by atoms with Crippen molar-refractivity contribution in [3.05, 3.63) is 35.4 Å². The van der Waals surface area contributed by atoms with Gasteiger partial charge in [-0.05, 0) is 11.1 Å². The van der Waals surface area contributed by atoms with Crippen molar-refractivity contribution in [1.82, 2.24) is 10.2 Å². The fraction of sp³-hybridized carbons (Fsp3) is 0.462. The molecule has 0 bridgehead atoms. The molecule has 5 nitrogen and oxygen atoms in total. The molecule has 0 unspecified atom stereocenters. The third-order valence-corrected chi connectivity index (χ3v) is 2.97. The fourth-order valence-corrected chi connectivity index (χ4v) is 1.92. The molecular weight excluding hydrogens is 230 g/mol. The molecule has 1 saturated heterocycles. The first-order chi connectivity index (χ1) is 8.79. The van der Waals surface area contributed by atoms with Crippen LogP contribution in [0.3, 0.4) is 0 Å². The van der Waals surface area contributed by atoms with E-state index < -0.39 is 0 Å². The van der Waals surface area contributed by atoms with E-state index in [-0.39, 0.29) is 6.03 Å². The molecular formula is C13H19N3O2. The van der Waals surface area contributed by atoms with Crippen LogP contribution in [-0.4, -0.2) is 37.2 Å². The minimum atomic E-state index is -0.0311. The number of nitrogens with two attached hydrogens (primary N) is 1. The maximum atomic E-state index is 11.9. The molecule has 1 fully saturated rings. The van der Waals surface area contributed by atoms with Gasteiger partial charge in [-0.15, -0.1) is 0 Å². The van der Waals surface area contributed by atoms with Gasteiger partial charge in [0, 0.05) is 26.2 Å². The summed E-state index contributed by atoms with van der Waals surface area (Å²) < 4.78 is 5.21. The molecule has 0 radical (unpaired) electrons. The predicted molar refractivity (Wildman–Crippen MR) is 69.0 cm³/mol. The van der Waals surface area contributed by atoms with Crippen molar-refractivity contribution in [2.75, 3.05) is 26.3 Å². The highest BCUT2D eigenvalue weighted by Crippen LogP contribution is 2.05. The molecule has 0 spiro atoms. The van der Waals surface area contributed by atoms with E-state index in [4.69, 9.17) is 10.5 Å². The van der Waals surface area contributed by atoms with Crippen molar-refractivity contribution in [2.45, 2.75) is 13.1 Å². The first-order valence-electron chi connectivity index (χ1n) is 6.18. The van der Waals surface area contributed by atoms with Gasteiger partial charge >= 0.3 is 6.03 Å². The van der Waals surface area contributed by atoms with Crippen LogP contribution in [0.15, 0.2) is 24.3 Å². The number of carbonyl (C=O) groups excluding carboxylic acids is 1. The van der Waals surface area contributed by atoms with Crippen LogP contribution < -0.4 is 11.1 Å². The molecule has 1 aliphatic rings. The second kappa shape index (κ2) is 6.37. The summed E-state index contributed by atoms with van der Waals surface area (Å²) in [5, 5.41) is 2.91. The van der Waals surface area contributed by atoms with Crippen LogP contribution in [0.5, 0.6) is 0 Å². The second-order valence-corrected chi connectivity index (χ2v) is 4.28. The molecule has 1 heterocycles. The minimum absolute atomic E-state index is 0.0311. The molecule has 3 N–H and O–H groups in total. The Labute approximate surface area is 107 Å². The van der Waals surface area contributed by atoms with Gasteiger partial charge in [-0.25, -0.2) is 4.79 Å². The second-order valence-electron chi connectivity index (χ2n) is 4.28. The third kappa shape index (κ3) is 3.45. The molecule has 0 aromatic heterocycles. The van der Waals surface area contributed by atoms with Gasteiger partial charge in [0.25, 0.3) is 0 Å². The molecule has 1 aliphatic heterocycles. The number of amides is 2. The van der Waals surface area contributed by atoms with E-state index in [2.05, 4.69) is 5.32 Å². The van der Waals surface area contributed by atoms with Crippen molar-refractivity contribution in [3.8, 4) is 0 Å². The normalized spacial score (nSPS) is 15.5. The molecule has 0 atom stereocenters. The van der Waals surface area contributed by atoms with Gasteiger partial charge in [-0.1, -0.05) is 24.3 Å². The van der Waals surface area contributed by atoms with Gasteiger partial charge in [0.05, 0.1) is 13.2 Å². The Hall–Kier alpha value is -1.59. The number of urea groups is 1. The molecule has 98 valence electrons. The highest BCUT2D eigenvalue weighted by atomic mass is 16.5. The monoisotopic (exact) mass is 249 g/mol. The van der Waals surface area contributed by atoms with Gasteiger partial charge in [-0.3, -0.25) is 0 Å². The fourth-order valence-electron chi connectivity index (χ4n) is 1.92. The zero-order valence-corrected chi connectivity index (χ0v) is 10.4. The summed E-state index contributed by atoms with van der Waals surface area (Å²) in [4.78, 5) is 13.6. The van der Waals surface area contributed by atoms with Crippen LogP contribution in [-0.2, 0) is 17.8 Å². The molecule has 0 saturated carbocycles. The lowest BCUT2D eigenvalue weighted by Crippen LogP contribution is -2.45. The number of carbonyl (C=O) groups is 1. The van der Waals surface area contributed by atoms with Crippen molar-refractivity contribution >= 4 is 6.03 Å². The Kier molecular flexibility index (Phi) is 4.55. The number of benzene rings is 1. The van der Waals surface area contributed by atoms with Crippen LogP contribution in [0.1, 0.15) is 11.1 Å². The van der Waals surface area contributed by atoms with Gasteiger partial charge in [-0.2, -0.15) is 0 Å². The summed E-state index contributed by atoms with van der Waals surface area (Å²) in [6.45, 7) is 3.62. The van der Waals surface area contributed by atoms with Gasteiger partial charge in [0.15, 0.2) is 0 Å². The minimum Gasteiger partial charge on any atom is -0.378 e. The van der Waals surface area contributed by atoms with Crippen molar-refractivity contribution in [3.63, 3.8) is 0 Å². The number of nitrogens with one attached hydrogen (secondary N) is 1. The lowest BCUT2D eigenvalue weighted by atomic mass is 10.1. The highest BCUT2D eigenvalue weighted by Gasteiger charge is 2.15. The van der Waals surface area contributed by atoms with Gasteiger partial charge in [0.1, 0.15) is 0 Å². The molecule has 5 heteroatoms. The lowest BCUT2D eigenvalue weighted by Gasteiger charge is -2.26. The molecule has 0 aliphatic carbocycles. The van der Waals surface area contributed by atoms with Crippen molar-refractivity contribution in [2.24, 2.45) is 5.73 Å². The summed E-state index contributed by atoms with van der Waals surface area (Å²) in [5.41, 5.74) is 7.73. The van der Waals surface area contributed by atoms with Crippen molar-refractivity contribution in [1.29, 1.82) is 0 Å². The quantitative estimate of drug-likeness (QED) is 0.828. The highest BCUT2D eigenvalue weighted by molar-refractivity contribution is 5.74. The molecule has 1 aromatic carbocycles. The number of morpholine rings is 1. The van der Waals surface area contributed by atoms with E-state index in [1.54, 1.807) is 4.90 Å². The Balaban J connectivity index is 1.84. The van der Waals surface area contributed by atoms with Crippen LogP contribution in [0.4, 0.5) is 4.79 Å².